The molecule has 2 aliphatic heterocycles. The summed E-state index contributed by atoms with van der Waals surface area (Å²) in [5, 5.41) is 45.7. The van der Waals surface area contributed by atoms with Crippen LogP contribution in [0.4, 0.5) is 0 Å². The molecule has 6 aromatic carbocycles. The predicted octanol–water partition coefficient (Wildman–Crippen LogP) is 19.6. The number of hydrogen-bond donors (Lipinski definition) is 0. The molecule has 0 spiro atoms. The molecule has 0 bridgehead atoms. The number of nitrogens with zero attached hydrogens (tertiary/aromatic N) is 15. The maximum atomic E-state index is 9.73. The third kappa shape index (κ3) is 20.2. The van der Waals surface area contributed by atoms with Crippen molar-refractivity contribution in [3.63, 3.8) is 0 Å². The zero-order chi connectivity index (χ0) is 75.5. The quantitative estimate of drug-likeness (QED) is 0.0593. The van der Waals surface area contributed by atoms with Gasteiger partial charge in [0, 0.05) is 52.1 Å². The molecule has 0 saturated carbocycles. The summed E-state index contributed by atoms with van der Waals surface area (Å²) in [6, 6.07) is 67.5. The number of carbonyl (C=O) groups excluding carboxylic acids is 2. The Balaban J connectivity index is 0.000000227. The van der Waals surface area contributed by atoms with Crippen LogP contribution >= 0.6 is 0 Å². The van der Waals surface area contributed by atoms with Gasteiger partial charge in [0.2, 0.25) is 0 Å². The molecule has 0 N–H and O–H groups in total. The fourth-order valence-electron chi connectivity index (χ4n) is 13.0. The standard InChI is InChI=1S/2C39H46BN6.2C3H5NO.C2H3N.2Zn/c2*1-25(2)31-10-16-34(17-11-31)37-22-28(7)44(41-37)40(45-29(8)23-38(42-45)35-18-12-32(13-19-35)26(3)4)46-30(9)24-39(43-46)36-20-14-33(15-21-36)27(5)6;2*5-3-1-2-4-3;1-2-3;;/h2*10-27,40H,1-9H3;2*1-2H2,(H,4,5);1H3;;/q2*-1;;;;2*+2/p-2. The van der Waals surface area contributed by atoms with Gasteiger partial charge in [0.15, 0.2) is 0 Å². The van der Waals surface area contributed by atoms with Crippen molar-refractivity contribution in [1.82, 2.24) is 58.1 Å². The molecule has 8 heterocycles. The SMILES string of the molecule is CC#N.Cc1cc(-c2ccc(C(C)C)cc2)nn1[BH-](n1nc(-c2ccc(C(C)C)cc2)cc1C)n1nc(-c2ccc(C(C)C)cc2)cc1C.Cc1cc(-c2ccc(C(C)C)cc2)nn1[BH-](n1nc(-c2ccc(C(C)C)cc2)cc1C)n1nc(-c2ccc(C(C)C)cc2)cc1C.O=C1CC[N-]1.O=C1CC[N-]1.[Zn+2].[Zn+2]. The van der Waals surface area contributed by atoms with Crippen molar-refractivity contribution in [2.45, 2.75) is 180 Å². The fraction of sp³-hybridized carbons (Fsp3) is 0.337. The second-order valence-electron chi connectivity index (χ2n) is 29.8. The normalized spacial score (nSPS) is 12.2. The van der Waals surface area contributed by atoms with Crippen molar-refractivity contribution in [3.05, 3.63) is 260 Å². The first-order valence-electron chi connectivity index (χ1n) is 37.3. The van der Waals surface area contributed by atoms with Crippen molar-refractivity contribution < 1.29 is 48.5 Å². The molecule has 544 valence electrons. The number of β-lactam (4-membered cyclic amide) rings is 2. The molecule has 12 aromatic rings. The van der Waals surface area contributed by atoms with Crippen molar-refractivity contribution in [3.8, 4) is 73.6 Å². The Morgan fingerprint density at radius 2 is 0.430 bits per heavy atom. The van der Waals surface area contributed by atoms with E-state index in [9.17, 15) is 9.59 Å². The zero-order valence-corrected chi connectivity index (χ0v) is 72.4. The molecule has 2 aliphatic rings. The number of carbonyl (C=O) groups is 2. The van der Waals surface area contributed by atoms with Crippen LogP contribution in [0, 0.1) is 52.9 Å². The maximum Gasteiger partial charge on any atom is 2.00 e. The molecule has 17 nitrogen and oxygen atoms in total. The van der Waals surface area contributed by atoms with E-state index < -0.39 is 14.2 Å². The third-order valence-corrected chi connectivity index (χ3v) is 20.0. The van der Waals surface area contributed by atoms with Gasteiger partial charge in [-0.25, -0.2) is 30.6 Å². The molecule has 0 unspecified atom stereocenters. The van der Waals surface area contributed by atoms with Crippen molar-refractivity contribution in [1.29, 1.82) is 5.26 Å². The first-order chi connectivity index (χ1) is 50.2. The Kier molecular flexibility index (Phi) is 28.9. The number of benzene rings is 6. The summed E-state index contributed by atoms with van der Waals surface area (Å²) in [5.41, 5.74) is 26.7. The zero-order valence-electron chi connectivity index (χ0n) is 66.5. The Bertz CT molecular complexity index is 4160. The van der Waals surface area contributed by atoms with E-state index in [4.69, 9.17) is 35.9 Å². The third-order valence-electron chi connectivity index (χ3n) is 20.0. The maximum absolute atomic E-state index is 9.73. The Morgan fingerprint density at radius 1 is 0.308 bits per heavy atom. The molecule has 2 amide bonds. The molecule has 14 rings (SSSR count). The van der Waals surface area contributed by atoms with Crippen molar-refractivity contribution in [2.24, 2.45) is 0 Å². The van der Waals surface area contributed by atoms with Gasteiger partial charge in [0.1, 0.15) is 0 Å². The molecule has 21 heteroatoms. The van der Waals surface area contributed by atoms with Gasteiger partial charge in [0.25, 0.3) is 0 Å². The number of rotatable bonds is 18. The van der Waals surface area contributed by atoms with E-state index in [1.54, 1.807) is 6.07 Å². The van der Waals surface area contributed by atoms with Gasteiger partial charge in [-0.3, -0.25) is 0 Å². The minimum absolute atomic E-state index is 0. The number of nitriles is 1. The van der Waals surface area contributed by atoms with Crippen LogP contribution in [0.1, 0.15) is 206 Å². The van der Waals surface area contributed by atoms with Crippen LogP contribution < -0.4 is 0 Å². The van der Waals surface area contributed by atoms with Gasteiger partial charge < -0.3 is 47.8 Å². The molecule has 0 aliphatic carbocycles. The van der Waals surface area contributed by atoms with Gasteiger partial charge in [-0.15, -0.1) is 13.1 Å². The molecule has 2 fully saturated rings. The smallest absolute Gasteiger partial charge is 0.653 e. The van der Waals surface area contributed by atoms with Crippen LogP contribution in [0.3, 0.4) is 0 Å². The van der Waals surface area contributed by atoms with E-state index in [1.165, 1.54) is 40.3 Å². The van der Waals surface area contributed by atoms with Crippen LogP contribution in [0.5, 0.6) is 0 Å². The number of aryl methyl sites for hydroxylation is 6. The summed E-state index contributed by atoms with van der Waals surface area (Å²) < 4.78 is 12.9. The number of aromatic nitrogens is 12. The van der Waals surface area contributed by atoms with Crippen LogP contribution in [0.15, 0.2) is 182 Å². The average Bonchev–Trinajstić information content (AvgIpc) is 1.62. The molecular weight excluding hydrogens is 1430 g/mol. The van der Waals surface area contributed by atoms with Crippen molar-refractivity contribution >= 4 is 26.0 Å². The monoisotopic (exact) mass is 1530 g/mol. The van der Waals surface area contributed by atoms with E-state index in [0.717, 1.165) is 115 Å². The Hall–Kier alpha value is -9.61. The van der Waals surface area contributed by atoms with E-state index in [2.05, 4.69) is 345 Å². The molecule has 2 saturated heterocycles. The Morgan fingerprint density at radius 3 is 0.523 bits per heavy atom. The summed E-state index contributed by atoms with van der Waals surface area (Å²) in [6.07, 6.45) is 1.36. The summed E-state index contributed by atoms with van der Waals surface area (Å²) in [4.78, 5) is 19.5. The second-order valence-corrected chi connectivity index (χ2v) is 29.8. The second kappa shape index (κ2) is 37.3. The summed E-state index contributed by atoms with van der Waals surface area (Å²) in [6.45, 7) is 42.4. The van der Waals surface area contributed by atoms with E-state index >= 15 is 0 Å². The first-order valence-corrected chi connectivity index (χ1v) is 37.3. The minimum Gasteiger partial charge on any atom is -0.653 e. The van der Waals surface area contributed by atoms with Crippen LogP contribution in [-0.4, -0.2) is 97.3 Å². The number of hydrogen-bond acceptors (Lipinski definition) is 9. The van der Waals surface area contributed by atoms with Crippen LogP contribution in [0.2, 0.25) is 0 Å². The largest absolute Gasteiger partial charge is 2.00 e. The van der Waals surface area contributed by atoms with Gasteiger partial charge in [-0.1, -0.05) is 229 Å². The molecule has 0 radical (unpaired) electrons. The van der Waals surface area contributed by atoms with Crippen molar-refractivity contribution in [2.75, 3.05) is 13.1 Å². The van der Waals surface area contributed by atoms with E-state index in [0.29, 0.717) is 48.3 Å². The summed E-state index contributed by atoms with van der Waals surface area (Å²) in [5.74, 6) is 3.03. The van der Waals surface area contributed by atoms with E-state index in [-0.39, 0.29) is 50.8 Å². The predicted molar refractivity (Wildman–Crippen MR) is 433 cm³/mol. The number of amides is 2. The van der Waals surface area contributed by atoms with E-state index in [1.807, 2.05) is 0 Å². The van der Waals surface area contributed by atoms with Gasteiger partial charge in [-0.2, -0.15) is 5.26 Å². The average molecular weight is 1530 g/mol. The topological polar surface area (TPSA) is 193 Å². The molecule has 0 atom stereocenters. The fourth-order valence-corrected chi connectivity index (χ4v) is 13.0. The molecule has 6 aromatic heterocycles. The van der Waals surface area contributed by atoms with Crippen LogP contribution in [-0.2, 0) is 48.5 Å². The summed E-state index contributed by atoms with van der Waals surface area (Å²) in [7, 11) is -3.22. The molecule has 107 heavy (non-hydrogen) atoms. The minimum atomic E-state index is -1.61. The van der Waals surface area contributed by atoms with Gasteiger partial charge in [0.05, 0.1) is 40.2 Å². The summed E-state index contributed by atoms with van der Waals surface area (Å²) >= 11 is 0. The van der Waals surface area contributed by atoms with Gasteiger partial charge in [-0.05, 0) is 194 Å². The van der Waals surface area contributed by atoms with Gasteiger partial charge >= 0.3 is 53.2 Å². The van der Waals surface area contributed by atoms with Crippen LogP contribution in [0.25, 0.3) is 78.2 Å². The molecular formula is C86H103B2N15O2Zn2. The first kappa shape index (κ1) is 83.0. The Labute approximate surface area is 660 Å².